The third-order valence-electron chi connectivity index (χ3n) is 5.40. The maximum absolute atomic E-state index is 13.1. The van der Waals surface area contributed by atoms with Crippen LogP contribution in [0.1, 0.15) is 49.4 Å². The van der Waals surface area contributed by atoms with Crippen molar-refractivity contribution in [2.24, 2.45) is 5.92 Å². The van der Waals surface area contributed by atoms with Crippen LogP contribution in [0.4, 0.5) is 9.93 Å². The lowest BCUT2D eigenvalue weighted by atomic mass is 9.86. The van der Waals surface area contributed by atoms with Crippen LogP contribution in [0.5, 0.6) is 0 Å². The van der Waals surface area contributed by atoms with Crippen molar-refractivity contribution in [1.29, 1.82) is 0 Å². The molecule has 1 aromatic carbocycles. The van der Waals surface area contributed by atoms with Crippen molar-refractivity contribution in [1.82, 2.24) is 9.88 Å². The maximum Gasteiger partial charge on any atom is 0.323 e. The normalized spacial score (nSPS) is 18.4. The molecule has 1 aliphatic rings. The summed E-state index contributed by atoms with van der Waals surface area (Å²) in [6.07, 6.45) is 5.81. The van der Waals surface area contributed by atoms with Gasteiger partial charge in [0.25, 0.3) is 0 Å². The number of thioether (sulfide) groups is 1. The highest BCUT2D eigenvalue weighted by Gasteiger charge is 2.28. The van der Waals surface area contributed by atoms with Gasteiger partial charge in [-0.15, -0.1) is 11.8 Å². The van der Waals surface area contributed by atoms with Crippen molar-refractivity contribution >= 4 is 46.0 Å². The van der Waals surface area contributed by atoms with E-state index in [1.54, 1.807) is 23.2 Å². The van der Waals surface area contributed by atoms with Crippen LogP contribution in [0.25, 0.3) is 0 Å². The number of ketones is 1. The van der Waals surface area contributed by atoms with Gasteiger partial charge in [-0.25, -0.2) is 9.78 Å². The van der Waals surface area contributed by atoms with Crippen molar-refractivity contribution in [2.75, 3.05) is 17.6 Å². The number of aliphatic carboxylic acids is 1. The summed E-state index contributed by atoms with van der Waals surface area (Å²) in [5, 5.41) is 12.1. The van der Waals surface area contributed by atoms with Crippen molar-refractivity contribution in [2.45, 2.75) is 49.3 Å². The molecular weight excluding hydrogens is 434 g/mol. The number of carboxylic acid groups (broad SMARTS) is 1. The van der Waals surface area contributed by atoms with E-state index in [1.165, 1.54) is 23.1 Å². The number of amides is 2. The summed E-state index contributed by atoms with van der Waals surface area (Å²) < 4.78 is 0.731. The number of hydrogen-bond donors (Lipinski definition) is 2. The first-order valence-corrected chi connectivity index (χ1v) is 12.2. The highest BCUT2D eigenvalue weighted by Crippen LogP contribution is 2.30. The van der Waals surface area contributed by atoms with Crippen LogP contribution in [0, 0.1) is 5.92 Å². The van der Waals surface area contributed by atoms with Crippen molar-refractivity contribution in [3.05, 3.63) is 42.1 Å². The molecule has 0 radical (unpaired) electrons. The lowest BCUT2D eigenvalue weighted by molar-refractivity contribution is -0.133. The minimum Gasteiger partial charge on any atom is -0.481 e. The number of anilines is 1. The molecule has 0 atom stereocenters. The molecule has 0 aliphatic heterocycles. The molecule has 2 amide bonds. The molecule has 2 N–H and O–H groups in total. The average Bonchev–Trinajstić information content (AvgIpc) is 3.21. The molecule has 0 spiro atoms. The first-order chi connectivity index (χ1) is 14.9. The third kappa shape index (κ3) is 7.07. The Morgan fingerprint density at radius 3 is 2.58 bits per heavy atom. The molecule has 1 aromatic heterocycles. The molecule has 0 saturated heterocycles. The summed E-state index contributed by atoms with van der Waals surface area (Å²) >= 11 is 2.42. The minimum atomic E-state index is -0.898. The summed E-state index contributed by atoms with van der Waals surface area (Å²) in [6, 6.07) is 8.97. The van der Waals surface area contributed by atoms with E-state index in [9.17, 15) is 14.4 Å². The van der Waals surface area contributed by atoms with Crippen LogP contribution in [0.3, 0.4) is 0 Å². The molecule has 1 saturated carbocycles. The summed E-state index contributed by atoms with van der Waals surface area (Å²) in [5.74, 6) is -0.280. The molecule has 2 aromatic rings. The number of aromatic nitrogens is 1. The largest absolute Gasteiger partial charge is 0.481 e. The molecule has 0 bridgehead atoms. The van der Waals surface area contributed by atoms with Gasteiger partial charge in [0, 0.05) is 24.6 Å². The first kappa shape index (κ1) is 23.3. The first-order valence-electron chi connectivity index (χ1n) is 10.4. The number of carbonyl (C=O) groups excluding carboxylic acids is 2. The van der Waals surface area contributed by atoms with E-state index < -0.39 is 5.97 Å². The quantitative estimate of drug-likeness (QED) is 0.402. The Morgan fingerprint density at radius 2 is 1.90 bits per heavy atom. The Labute approximate surface area is 190 Å². The lowest BCUT2D eigenvalue weighted by Gasteiger charge is -2.36. The molecule has 0 unspecified atom stereocenters. The zero-order chi connectivity index (χ0) is 22.2. The number of thiazole rings is 1. The third-order valence-corrected chi connectivity index (χ3v) is 7.49. The van der Waals surface area contributed by atoms with E-state index in [-0.39, 0.29) is 30.0 Å². The monoisotopic (exact) mass is 461 g/mol. The summed E-state index contributed by atoms with van der Waals surface area (Å²) in [6.45, 7) is 2.58. The number of carbonyl (C=O) groups is 3. The second-order valence-electron chi connectivity index (χ2n) is 7.74. The Morgan fingerprint density at radius 1 is 1.19 bits per heavy atom. The number of Topliss-reactive ketones (excluding diaryl/α,β-unsaturated/α-hetero) is 1. The van der Waals surface area contributed by atoms with Crippen LogP contribution in [0.2, 0.25) is 0 Å². The summed E-state index contributed by atoms with van der Waals surface area (Å²) in [7, 11) is 0. The lowest BCUT2D eigenvalue weighted by Crippen LogP contribution is -2.45. The minimum absolute atomic E-state index is 0.0178. The van der Waals surface area contributed by atoms with Gasteiger partial charge in [0.1, 0.15) is 0 Å². The van der Waals surface area contributed by atoms with Crippen molar-refractivity contribution < 1.29 is 19.5 Å². The number of benzene rings is 1. The number of nitrogens with zero attached hydrogens (tertiary/aromatic N) is 2. The molecule has 1 fully saturated rings. The average molecular weight is 462 g/mol. The van der Waals surface area contributed by atoms with Gasteiger partial charge in [-0.1, -0.05) is 48.6 Å². The predicted octanol–water partition coefficient (Wildman–Crippen LogP) is 5.01. The van der Waals surface area contributed by atoms with E-state index in [0.717, 1.165) is 29.9 Å². The van der Waals surface area contributed by atoms with Crippen LogP contribution in [-0.2, 0) is 4.79 Å². The molecule has 9 heteroatoms. The predicted molar refractivity (Wildman–Crippen MR) is 123 cm³/mol. The fourth-order valence-electron chi connectivity index (χ4n) is 3.67. The number of hydrogen-bond acceptors (Lipinski definition) is 6. The molecule has 1 aliphatic carbocycles. The number of carboxylic acids is 1. The second-order valence-corrected chi connectivity index (χ2v) is 10.0. The Balaban J connectivity index is 1.64. The van der Waals surface area contributed by atoms with E-state index in [0.29, 0.717) is 23.2 Å². The van der Waals surface area contributed by atoms with E-state index >= 15 is 0 Å². The van der Waals surface area contributed by atoms with E-state index in [2.05, 4.69) is 17.2 Å². The van der Waals surface area contributed by atoms with Crippen molar-refractivity contribution in [3.8, 4) is 0 Å². The highest BCUT2D eigenvalue weighted by atomic mass is 32.2. The van der Waals surface area contributed by atoms with Crippen LogP contribution >= 0.6 is 23.1 Å². The summed E-state index contributed by atoms with van der Waals surface area (Å²) in [4.78, 5) is 42.4. The molecule has 1 heterocycles. The fourth-order valence-corrected chi connectivity index (χ4v) is 5.26. The van der Waals surface area contributed by atoms with Crippen LogP contribution < -0.4 is 5.32 Å². The molecule has 166 valence electrons. The van der Waals surface area contributed by atoms with Gasteiger partial charge < -0.3 is 10.0 Å². The van der Waals surface area contributed by atoms with Gasteiger partial charge >= 0.3 is 12.0 Å². The smallest absolute Gasteiger partial charge is 0.323 e. The van der Waals surface area contributed by atoms with Crippen LogP contribution in [-0.4, -0.2) is 51.1 Å². The Kier molecular flexibility index (Phi) is 8.48. The zero-order valence-corrected chi connectivity index (χ0v) is 19.1. The van der Waals surface area contributed by atoms with E-state index in [1.807, 2.05) is 18.2 Å². The van der Waals surface area contributed by atoms with Gasteiger partial charge in [-0.05, 0) is 31.6 Å². The molecule has 7 nitrogen and oxygen atoms in total. The topological polar surface area (TPSA) is 99.6 Å². The number of rotatable bonds is 9. The second kappa shape index (κ2) is 11.3. The van der Waals surface area contributed by atoms with Gasteiger partial charge in [0.15, 0.2) is 10.9 Å². The number of urea groups is 1. The SMILES string of the molecule is CC1CCC(N(CCC(=O)c2ccccc2)C(=O)Nc2ncc(SCC(=O)O)s2)CC1. The van der Waals surface area contributed by atoms with Crippen molar-refractivity contribution in [3.63, 3.8) is 0 Å². The van der Waals surface area contributed by atoms with Gasteiger partial charge in [0.05, 0.1) is 16.2 Å². The highest BCUT2D eigenvalue weighted by molar-refractivity contribution is 8.01. The van der Waals surface area contributed by atoms with Crippen LogP contribution in [0.15, 0.2) is 40.7 Å². The zero-order valence-electron chi connectivity index (χ0n) is 17.5. The standard InChI is InChI=1S/C22H27N3O4S2/c1-15-7-9-17(10-8-15)25(12-11-18(26)16-5-3-2-4-6-16)22(29)24-21-23-13-20(31-21)30-14-19(27)28/h2-6,13,15,17H,7-12,14H2,1H3,(H,27,28)(H,23,24,29). The molecule has 31 heavy (non-hydrogen) atoms. The summed E-state index contributed by atoms with van der Waals surface area (Å²) in [5.41, 5.74) is 0.653. The fraction of sp³-hybridized carbons (Fsp3) is 0.455. The van der Waals surface area contributed by atoms with Gasteiger partial charge in [-0.2, -0.15) is 0 Å². The maximum atomic E-state index is 13.1. The number of nitrogens with one attached hydrogen (secondary N) is 1. The molecule has 3 rings (SSSR count). The van der Waals surface area contributed by atoms with Gasteiger partial charge in [0.2, 0.25) is 0 Å². The Hall–Kier alpha value is -2.39. The van der Waals surface area contributed by atoms with Gasteiger partial charge in [-0.3, -0.25) is 14.9 Å². The molecular formula is C22H27N3O4S2. The Bertz CT molecular complexity index is 895. The van der Waals surface area contributed by atoms with E-state index in [4.69, 9.17) is 5.11 Å².